The number of carbonyl (C=O) groups excluding carboxylic acids is 2. The number of hydrogen-bond donors (Lipinski definition) is 1. The van der Waals surface area contributed by atoms with Crippen molar-refractivity contribution in [3.8, 4) is 22.3 Å². The number of carbonyl (C=O) groups is 2. The first kappa shape index (κ1) is 29.6. The lowest BCUT2D eigenvalue weighted by molar-refractivity contribution is -0.115. The molecule has 0 aliphatic heterocycles. The van der Waals surface area contributed by atoms with Gasteiger partial charge in [0.25, 0.3) is 5.56 Å². The lowest BCUT2D eigenvalue weighted by Gasteiger charge is -2.18. The van der Waals surface area contributed by atoms with E-state index >= 15 is 0 Å². The van der Waals surface area contributed by atoms with Gasteiger partial charge in [0.2, 0.25) is 5.91 Å². The van der Waals surface area contributed by atoms with Gasteiger partial charge in [0, 0.05) is 28.9 Å². The van der Waals surface area contributed by atoms with Crippen molar-refractivity contribution in [3.05, 3.63) is 123 Å². The Labute approximate surface area is 266 Å². The fourth-order valence-electron chi connectivity index (χ4n) is 4.86. The van der Waals surface area contributed by atoms with Crippen LogP contribution in [0.25, 0.3) is 32.5 Å². The smallest absolute Gasteiger partial charge is 0.341 e. The summed E-state index contributed by atoms with van der Waals surface area (Å²) in [7, 11) is 1.67. The molecule has 220 valence electrons. The first-order valence-electron chi connectivity index (χ1n) is 13.9. The Bertz CT molecular complexity index is 2000. The van der Waals surface area contributed by atoms with Crippen LogP contribution in [0.2, 0.25) is 0 Å². The molecule has 44 heavy (non-hydrogen) atoms. The number of ether oxygens (including phenoxy) is 1. The molecule has 1 N–H and O–H groups in total. The van der Waals surface area contributed by atoms with Crippen LogP contribution in [-0.2, 0) is 16.6 Å². The Balaban J connectivity index is 1.37. The van der Waals surface area contributed by atoms with Gasteiger partial charge in [-0.3, -0.25) is 14.2 Å². The number of hydrogen-bond acceptors (Lipinski definition) is 8. The number of amides is 1. The van der Waals surface area contributed by atoms with E-state index in [9.17, 15) is 14.4 Å². The van der Waals surface area contributed by atoms with Gasteiger partial charge in [-0.25, -0.2) is 9.78 Å². The molecular formula is C34H27N3O4S3. The third kappa shape index (κ3) is 5.84. The Hall–Kier alpha value is -4.51. The molecule has 3 aromatic carbocycles. The maximum atomic E-state index is 14.1. The number of benzene rings is 3. The van der Waals surface area contributed by atoms with Crippen molar-refractivity contribution in [1.29, 1.82) is 0 Å². The highest BCUT2D eigenvalue weighted by Gasteiger charge is 2.29. The van der Waals surface area contributed by atoms with Crippen LogP contribution in [0.5, 0.6) is 0 Å². The minimum absolute atomic E-state index is 0.180. The van der Waals surface area contributed by atoms with Crippen LogP contribution in [-0.4, -0.2) is 28.0 Å². The number of esters is 1. The molecule has 0 spiro atoms. The molecule has 1 atom stereocenters. The van der Waals surface area contributed by atoms with Crippen molar-refractivity contribution >= 4 is 61.5 Å². The predicted molar refractivity (Wildman–Crippen MR) is 180 cm³/mol. The van der Waals surface area contributed by atoms with E-state index < -0.39 is 11.2 Å². The number of aromatic nitrogens is 2. The third-order valence-corrected chi connectivity index (χ3v) is 10.1. The Kier molecular flexibility index (Phi) is 8.74. The average Bonchev–Trinajstić information content (AvgIpc) is 3.68. The second-order valence-corrected chi connectivity index (χ2v) is 12.6. The van der Waals surface area contributed by atoms with E-state index in [-0.39, 0.29) is 18.1 Å². The molecule has 0 bridgehead atoms. The molecule has 6 rings (SSSR count). The summed E-state index contributed by atoms with van der Waals surface area (Å²) in [4.78, 5) is 46.3. The van der Waals surface area contributed by atoms with Gasteiger partial charge in [-0.2, -0.15) is 0 Å². The van der Waals surface area contributed by atoms with E-state index in [0.717, 1.165) is 22.3 Å². The van der Waals surface area contributed by atoms with E-state index in [2.05, 4.69) is 5.32 Å². The van der Waals surface area contributed by atoms with Gasteiger partial charge in [0.05, 0.1) is 12.0 Å². The molecule has 3 aromatic heterocycles. The Morgan fingerprint density at radius 1 is 0.886 bits per heavy atom. The van der Waals surface area contributed by atoms with Crippen molar-refractivity contribution in [2.75, 3.05) is 11.9 Å². The molecule has 3 heterocycles. The van der Waals surface area contributed by atoms with Gasteiger partial charge in [-0.1, -0.05) is 103 Å². The van der Waals surface area contributed by atoms with E-state index in [1.807, 2.05) is 102 Å². The molecule has 0 saturated carbocycles. The van der Waals surface area contributed by atoms with Gasteiger partial charge in [-0.05, 0) is 23.6 Å². The van der Waals surface area contributed by atoms with Gasteiger partial charge in [0.15, 0.2) is 5.16 Å². The van der Waals surface area contributed by atoms with Crippen molar-refractivity contribution in [3.63, 3.8) is 0 Å². The maximum absolute atomic E-state index is 14.1. The van der Waals surface area contributed by atoms with Crippen molar-refractivity contribution < 1.29 is 14.3 Å². The molecule has 0 unspecified atom stereocenters. The van der Waals surface area contributed by atoms with Crippen molar-refractivity contribution in [2.24, 2.45) is 7.05 Å². The van der Waals surface area contributed by atoms with Crippen molar-refractivity contribution in [1.82, 2.24) is 9.55 Å². The van der Waals surface area contributed by atoms with Crippen LogP contribution >= 0.6 is 34.4 Å². The van der Waals surface area contributed by atoms with Crippen LogP contribution in [0.15, 0.2) is 112 Å². The summed E-state index contributed by atoms with van der Waals surface area (Å²) in [6, 6.07) is 28.6. The lowest BCUT2D eigenvalue weighted by atomic mass is 10.0. The molecule has 0 saturated heterocycles. The zero-order valence-corrected chi connectivity index (χ0v) is 26.3. The lowest BCUT2D eigenvalue weighted by Crippen LogP contribution is -2.23. The highest BCUT2D eigenvalue weighted by molar-refractivity contribution is 8.00. The van der Waals surface area contributed by atoms with Gasteiger partial charge < -0.3 is 10.1 Å². The number of rotatable bonds is 9. The van der Waals surface area contributed by atoms with Gasteiger partial charge in [-0.15, -0.1) is 22.7 Å². The molecular weight excluding hydrogens is 611 g/mol. The largest absolute Gasteiger partial charge is 0.462 e. The molecule has 0 aliphatic rings. The highest BCUT2D eigenvalue weighted by atomic mass is 32.2. The number of thioether (sulfide) groups is 1. The van der Waals surface area contributed by atoms with E-state index in [1.54, 1.807) is 14.0 Å². The molecule has 6 aromatic rings. The predicted octanol–water partition coefficient (Wildman–Crippen LogP) is 8.04. The topological polar surface area (TPSA) is 90.3 Å². The summed E-state index contributed by atoms with van der Waals surface area (Å²) in [6.45, 7) is 1.95. The number of nitrogens with zero attached hydrogens (tertiary/aromatic N) is 2. The van der Waals surface area contributed by atoms with Gasteiger partial charge >= 0.3 is 5.97 Å². The SMILES string of the molecule is CCOC(=O)c1c(-c2ccccc2)csc1NC(=O)[C@@H](Sc1nc2scc(-c3ccccc3)c2c(=O)n1C)c1ccccc1. The highest BCUT2D eigenvalue weighted by Crippen LogP contribution is 2.40. The zero-order valence-electron chi connectivity index (χ0n) is 23.9. The summed E-state index contributed by atoms with van der Waals surface area (Å²) in [5, 5.41) is 7.40. The van der Waals surface area contributed by atoms with Crippen LogP contribution in [0.1, 0.15) is 28.1 Å². The second-order valence-electron chi connectivity index (χ2n) is 9.79. The number of thiophene rings is 2. The fourth-order valence-corrected chi connectivity index (χ4v) is 7.87. The van der Waals surface area contributed by atoms with Crippen molar-refractivity contribution in [2.45, 2.75) is 17.3 Å². The standard InChI is InChI=1S/C34H27N3O4S3/c1-3-41-33(40)27-25(22-15-9-5-10-16-22)20-43-31(27)35-29(38)28(23-17-11-6-12-18-23)44-34-36-30-26(32(39)37(34)2)24(19-42-30)21-13-7-4-8-14-21/h4-20,28H,3H2,1-2H3,(H,35,38)/t28-/m0/s1. The van der Waals surface area contributed by atoms with E-state index in [1.165, 1.54) is 39.0 Å². The molecule has 1 amide bonds. The maximum Gasteiger partial charge on any atom is 0.341 e. The summed E-state index contributed by atoms with van der Waals surface area (Å²) in [5.74, 6) is -0.855. The van der Waals surface area contributed by atoms with E-state index in [4.69, 9.17) is 9.72 Å². The molecule has 0 aliphatic carbocycles. The average molecular weight is 638 g/mol. The summed E-state index contributed by atoms with van der Waals surface area (Å²) in [6.07, 6.45) is 0. The molecule has 7 nitrogen and oxygen atoms in total. The number of anilines is 1. The number of fused-ring (bicyclic) bond motifs is 1. The van der Waals surface area contributed by atoms with Crippen LogP contribution in [0, 0.1) is 0 Å². The summed E-state index contributed by atoms with van der Waals surface area (Å²) >= 11 is 3.86. The Morgan fingerprint density at radius 2 is 1.48 bits per heavy atom. The van der Waals surface area contributed by atoms with Crippen LogP contribution in [0.4, 0.5) is 5.00 Å². The number of nitrogens with one attached hydrogen (secondary N) is 1. The van der Waals surface area contributed by atoms with Gasteiger partial charge in [0.1, 0.15) is 20.6 Å². The quantitative estimate of drug-likeness (QED) is 0.0981. The fraction of sp³-hybridized carbons (Fsp3) is 0.118. The molecule has 0 radical (unpaired) electrons. The third-order valence-electron chi connectivity index (χ3n) is 7.01. The van der Waals surface area contributed by atoms with E-state index in [0.29, 0.717) is 31.5 Å². The zero-order chi connectivity index (χ0) is 30.6. The van der Waals surface area contributed by atoms with Crippen LogP contribution < -0.4 is 10.9 Å². The summed E-state index contributed by atoms with van der Waals surface area (Å²) < 4.78 is 6.88. The molecule has 10 heteroatoms. The second kappa shape index (κ2) is 13.0. The first-order valence-corrected chi connectivity index (χ1v) is 16.5. The minimum Gasteiger partial charge on any atom is -0.462 e. The first-order chi connectivity index (χ1) is 21.5. The van der Waals surface area contributed by atoms with Crippen LogP contribution in [0.3, 0.4) is 0 Å². The normalized spacial score (nSPS) is 11.8. The Morgan fingerprint density at radius 3 is 2.11 bits per heavy atom. The summed E-state index contributed by atoms with van der Waals surface area (Å²) in [5.41, 5.74) is 4.19. The molecule has 0 fully saturated rings. The monoisotopic (exact) mass is 637 g/mol. The minimum atomic E-state index is -0.766.